The molecule has 1 aromatic carbocycles. The normalized spacial score (nSPS) is 19.8. The molecule has 0 saturated carbocycles. The van der Waals surface area contributed by atoms with Crippen molar-refractivity contribution >= 4 is 35.1 Å². The molecule has 0 fully saturated rings. The predicted octanol–water partition coefficient (Wildman–Crippen LogP) is 4.07. The van der Waals surface area contributed by atoms with Crippen LogP contribution < -0.4 is 5.32 Å². The van der Waals surface area contributed by atoms with Crippen LogP contribution in [0.3, 0.4) is 0 Å². The Morgan fingerprint density at radius 3 is 3.08 bits per heavy atom. The number of thioether (sulfide) groups is 1. The van der Waals surface area contributed by atoms with E-state index >= 15 is 0 Å². The van der Waals surface area contributed by atoms with Gasteiger partial charge in [0.15, 0.2) is 5.78 Å². The largest absolute Gasteiger partial charge is 0.328 e. The first-order valence-corrected chi connectivity index (χ1v) is 9.42. The van der Waals surface area contributed by atoms with Crippen molar-refractivity contribution in [2.45, 2.75) is 37.4 Å². The summed E-state index contributed by atoms with van der Waals surface area (Å²) in [5.74, 6) is 1.78. The van der Waals surface area contributed by atoms with Gasteiger partial charge in [-0.2, -0.15) is 4.98 Å². The molecule has 7 heteroatoms. The highest BCUT2D eigenvalue weighted by Gasteiger charge is 2.36. The third-order valence-electron chi connectivity index (χ3n) is 4.29. The van der Waals surface area contributed by atoms with Gasteiger partial charge in [0.25, 0.3) is 0 Å². The average molecular weight is 361 g/mol. The Balaban J connectivity index is 1.88. The third kappa shape index (κ3) is 2.63. The fraction of sp³-hybridized carbons (Fsp3) is 0.353. The zero-order valence-corrected chi connectivity index (χ0v) is 14.8. The van der Waals surface area contributed by atoms with Gasteiger partial charge in [-0.15, -0.1) is 5.10 Å². The van der Waals surface area contributed by atoms with E-state index in [9.17, 15) is 4.79 Å². The molecule has 0 spiro atoms. The average Bonchev–Trinajstić information content (AvgIpc) is 2.95. The number of Topliss-reactive ketones (excluding diaryl/α,β-unsaturated/α-hetero) is 1. The number of carbonyl (C=O) groups is 1. The molecule has 1 aliphatic heterocycles. The number of rotatable bonds is 3. The molecule has 2 aliphatic rings. The van der Waals surface area contributed by atoms with E-state index < -0.39 is 0 Å². The summed E-state index contributed by atoms with van der Waals surface area (Å²) in [6.07, 6.45) is 2.32. The summed E-state index contributed by atoms with van der Waals surface area (Å²) in [7, 11) is 0. The summed E-state index contributed by atoms with van der Waals surface area (Å²) in [4.78, 5) is 17.2. The number of aromatic nitrogens is 3. The Hall–Kier alpha value is -1.79. The number of fused-ring (bicyclic) bond motifs is 1. The molecule has 1 aromatic heterocycles. The summed E-state index contributed by atoms with van der Waals surface area (Å²) in [5, 5.41) is 9.33. The molecule has 1 atom stereocenters. The van der Waals surface area contributed by atoms with Crippen LogP contribution in [0.5, 0.6) is 0 Å². The van der Waals surface area contributed by atoms with Gasteiger partial charge in [-0.25, -0.2) is 4.68 Å². The van der Waals surface area contributed by atoms with E-state index in [0.717, 1.165) is 40.6 Å². The van der Waals surface area contributed by atoms with Crippen molar-refractivity contribution in [1.82, 2.24) is 14.8 Å². The summed E-state index contributed by atoms with van der Waals surface area (Å²) < 4.78 is 1.83. The molecule has 124 valence electrons. The van der Waals surface area contributed by atoms with Crippen LogP contribution in [0.2, 0.25) is 5.02 Å². The predicted molar refractivity (Wildman–Crippen MR) is 95.5 cm³/mol. The monoisotopic (exact) mass is 360 g/mol. The molecule has 24 heavy (non-hydrogen) atoms. The maximum atomic E-state index is 12.6. The molecule has 1 aliphatic carbocycles. The van der Waals surface area contributed by atoms with E-state index in [1.165, 1.54) is 0 Å². The maximum Gasteiger partial charge on any atom is 0.227 e. The smallest absolute Gasteiger partial charge is 0.227 e. The Kier molecular flexibility index (Phi) is 4.10. The van der Waals surface area contributed by atoms with Gasteiger partial charge in [0.2, 0.25) is 11.1 Å². The van der Waals surface area contributed by atoms with Crippen LogP contribution in [-0.4, -0.2) is 26.3 Å². The highest BCUT2D eigenvalue weighted by molar-refractivity contribution is 7.99. The first-order valence-electron chi connectivity index (χ1n) is 8.05. The second-order valence-electron chi connectivity index (χ2n) is 5.85. The zero-order valence-electron chi connectivity index (χ0n) is 13.3. The van der Waals surface area contributed by atoms with Crippen LogP contribution in [0.25, 0.3) is 0 Å². The number of carbonyl (C=O) groups excluding carboxylic acids is 1. The molecule has 1 N–H and O–H groups in total. The number of hydrogen-bond acceptors (Lipinski definition) is 5. The molecular weight excluding hydrogens is 344 g/mol. The lowest BCUT2D eigenvalue weighted by Crippen LogP contribution is -2.31. The lowest BCUT2D eigenvalue weighted by Gasteiger charge is -2.32. The minimum absolute atomic E-state index is 0.180. The molecule has 5 nitrogen and oxygen atoms in total. The first kappa shape index (κ1) is 15.7. The van der Waals surface area contributed by atoms with Crippen LogP contribution in [0, 0.1) is 0 Å². The molecule has 1 unspecified atom stereocenters. The van der Waals surface area contributed by atoms with Crippen molar-refractivity contribution in [3.63, 3.8) is 0 Å². The quantitative estimate of drug-likeness (QED) is 0.836. The van der Waals surface area contributed by atoms with Gasteiger partial charge < -0.3 is 5.32 Å². The van der Waals surface area contributed by atoms with Crippen LogP contribution in [0.4, 0.5) is 5.95 Å². The number of hydrogen-bond donors (Lipinski definition) is 1. The van der Waals surface area contributed by atoms with E-state index in [1.807, 2.05) is 28.9 Å². The Morgan fingerprint density at radius 1 is 1.42 bits per heavy atom. The molecule has 4 rings (SSSR count). The topological polar surface area (TPSA) is 59.8 Å². The minimum Gasteiger partial charge on any atom is -0.328 e. The molecule has 2 heterocycles. The lowest BCUT2D eigenvalue weighted by atomic mass is 9.85. The summed E-state index contributed by atoms with van der Waals surface area (Å²) in [5.41, 5.74) is 2.74. The van der Waals surface area contributed by atoms with Crippen LogP contribution in [0.15, 0.2) is 40.7 Å². The van der Waals surface area contributed by atoms with Crippen LogP contribution in [0.1, 0.15) is 37.8 Å². The molecule has 0 saturated heterocycles. The van der Waals surface area contributed by atoms with Gasteiger partial charge in [-0.05, 0) is 36.3 Å². The number of ketones is 1. The summed E-state index contributed by atoms with van der Waals surface area (Å²) in [6.45, 7) is 2.07. The zero-order chi connectivity index (χ0) is 16.7. The molecule has 0 bridgehead atoms. The Morgan fingerprint density at radius 2 is 2.29 bits per heavy atom. The number of halogens is 1. The summed E-state index contributed by atoms with van der Waals surface area (Å²) >= 11 is 7.78. The molecule has 2 aromatic rings. The maximum absolute atomic E-state index is 12.6. The van der Waals surface area contributed by atoms with Crippen molar-refractivity contribution in [2.24, 2.45) is 0 Å². The van der Waals surface area contributed by atoms with Gasteiger partial charge in [0, 0.05) is 22.7 Å². The van der Waals surface area contributed by atoms with E-state index in [2.05, 4.69) is 22.3 Å². The standard InChI is InChI=1S/C17H17ClN4OS/c1-2-24-17-20-16-19-12-7-4-8-13(23)14(12)15(22(16)21-17)10-5-3-6-11(18)9-10/h3,5-6,9,15H,2,4,7-8H2,1H3,(H,19,20,21). The summed E-state index contributed by atoms with van der Waals surface area (Å²) in [6, 6.07) is 7.38. The lowest BCUT2D eigenvalue weighted by molar-refractivity contribution is -0.116. The van der Waals surface area contributed by atoms with Crippen molar-refractivity contribution in [3.05, 3.63) is 46.1 Å². The van der Waals surface area contributed by atoms with Crippen molar-refractivity contribution in [3.8, 4) is 0 Å². The SMILES string of the molecule is CCSc1nc2n(n1)C(c1cccc(Cl)c1)C1=C(CCCC1=O)N2. The van der Waals surface area contributed by atoms with Gasteiger partial charge in [-0.1, -0.05) is 42.4 Å². The van der Waals surface area contributed by atoms with Gasteiger partial charge in [-0.3, -0.25) is 4.79 Å². The van der Waals surface area contributed by atoms with Gasteiger partial charge in [0.05, 0.1) is 0 Å². The van der Waals surface area contributed by atoms with Crippen LogP contribution >= 0.6 is 23.4 Å². The van der Waals surface area contributed by atoms with Gasteiger partial charge in [0.1, 0.15) is 6.04 Å². The van der Waals surface area contributed by atoms with Crippen molar-refractivity contribution in [2.75, 3.05) is 11.1 Å². The van der Waals surface area contributed by atoms with E-state index in [1.54, 1.807) is 11.8 Å². The number of anilines is 1. The van der Waals surface area contributed by atoms with E-state index in [-0.39, 0.29) is 11.8 Å². The van der Waals surface area contributed by atoms with Gasteiger partial charge >= 0.3 is 0 Å². The Bertz CT molecular complexity index is 845. The first-order chi connectivity index (χ1) is 11.7. The number of nitrogens with zero attached hydrogens (tertiary/aromatic N) is 3. The molecular formula is C17H17ClN4OS. The van der Waals surface area contributed by atoms with E-state index in [0.29, 0.717) is 17.4 Å². The van der Waals surface area contributed by atoms with Crippen molar-refractivity contribution < 1.29 is 4.79 Å². The van der Waals surface area contributed by atoms with Crippen molar-refractivity contribution in [1.29, 1.82) is 0 Å². The second kappa shape index (κ2) is 6.26. The molecule has 0 radical (unpaired) electrons. The number of nitrogens with one attached hydrogen (secondary N) is 1. The molecule has 0 amide bonds. The van der Waals surface area contributed by atoms with Crippen LogP contribution in [-0.2, 0) is 4.79 Å². The fourth-order valence-electron chi connectivity index (χ4n) is 3.31. The van der Waals surface area contributed by atoms with E-state index in [4.69, 9.17) is 11.6 Å². The minimum atomic E-state index is -0.263. The Labute approximate surface area is 149 Å². The highest BCUT2D eigenvalue weighted by Crippen LogP contribution is 2.40. The second-order valence-corrected chi connectivity index (χ2v) is 7.51. The fourth-order valence-corrected chi connectivity index (χ4v) is 4.07. The third-order valence-corrected chi connectivity index (χ3v) is 5.24. The highest BCUT2D eigenvalue weighted by atomic mass is 35.5. The number of allylic oxidation sites excluding steroid dienone is 2. The number of benzene rings is 1.